The lowest BCUT2D eigenvalue weighted by Gasteiger charge is -2.42. The number of likely N-dealkylation sites (tertiary alicyclic amines) is 1. The standard InChI is InChI=1S/C20H28N4O3/c1-21-5-7-23(8-6-21)20(27)10-17(25)14-22-11-15-9-16(13-22)18-3-2-4-19(26)24(18)12-15/h2-4,15-16H,5-14H2,1H3. The maximum Gasteiger partial charge on any atom is 0.250 e. The number of carbonyl (C=O) groups excluding carboxylic acids is 2. The van der Waals surface area contributed by atoms with Crippen LogP contribution >= 0.6 is 0 Å². The molecule has 2 atom stereocenters. The number of piperidine rings is 1. The molecule has 7 heteroatoms. The van der Waals surface area contributed by atoms with Crippen LogP contribution in [0.4, 0.5) is 0 Å². The van der Waals surface area contributed by atoms with Gasteiger partial charge in [-0.05, 0) is 25.5 Å². The lowest BCUT2D eigenvalue weighted by atomic mass is 9.83. The van der Waals surface area contributed by atoms with Gasteiger partial charge in [0.15, 0.2) is 5.78 Å². The van der Waals surface area contributed by atoms with E-state index in [1.807, 2.05) is 28.6 Å². The Morgan fingerprint density at radius 2 is 1.85 bits per heavy atom. The molecule has 1 amide bonds. The van der Waals surface area contributed by atoms with Crippen LogP contribution in [0.5, 0.6) is 0 Å². The van der Waals surface area contributed by atoms with Gasteiger partial charge in [-0.25, -0.2) is 0 Å². The van der Waals surface area contributed by atoms with Crippen LogP contribution in [0.1, 0.15) is 24.5 Å². The molecular formula is C20H28N4O3. The largest absolute Gasteiger partial charge is 0.340 e. The summed E-state index contributed by atoms with van der Waals surface area (Å²) < 4.78 is 1.90. The lowest BCUT2D eigenvalue weighted by Crippen LogP contribution is -2.49. The smallest absolute Gasteiger partial charge is 0.250 e. The van der Waals surface area contributed by atoms with E-state index in [0.29, 0.717) is 31.5 Å². The summed E-state index contributed by atoms with van der Waals surface area (Å²) in [5, 5.41) is 0. The van der Waals surface area contributed by atoms with Gasteiger partial charge < -0.3 is 14.4 Å². The first-order valence-electron chi connectivity index (χ1n) is 9.89. The maximum absolute atomic E-state index is 12.5. The number of hydrogen-bond acceptors (Lipinski definition) is 5. The third-order valence-corrected chi connectivity index (χ3v) is 6.16. The topological polar surface area (TPSA) is 65.9 Å². The van der Waals surface area contributed by atoms with Gasteiger partial charge in [0.2, 0.25) is 5.91 Å². The molecule has 0 radical (unpaired) electrons. The van der Waals surface area contributed by atoms with Crippen LogP contribution in [-0.2, 0) is 16.1 Å². The predicted molar refractivity (Wildman–Crippen MR) is 102 cm³/mol. The number of amides is 1. The molecule has 7 nitrogen and oxygen atoms in total. The summed E-state index contributed by atoms with van der Waals surface area (Å²) >= 11 is 0. The highest BCUT2D eigenvalue weighted by atomic mass is 16.2. The van der Waals surface area contributed by atoms with E-state index in [-0.39, 0.29) is 23.7 Å². The van der Waals surface area contributed by atoms with Gasteiger partial charge in [0.05, 0.1) is 13.0 Å². The Morgan fingerprint density at radius 3 is 2.63 bits per heavy atom. The maximum atomic E-state index is 12.5. The summed E-state index contributed by atoms with van der Waals surface area (Å²) in [6, 6.07) is 5.48. The van der Waals surface area contributed by atoms with Crippen LogP contribution in [0.15, 0.2) is 23.0 Å². The van der Waals surface area contributed by atoms with E-state index >= 15 is 0 Å². The first-order valence-corrected chi connectivity index (χ1v) is 9.89. The number of pyridine rings is 1. The molecule has 1 aromatic rings. The summed E-state index contributed by atoms with van der Waals surface area (Å²) in [6.45, 7) is 5.84. The molecule has 0 spiro atoms. The van der Waals surface area contributed by atoms with Gasteiger partial charge in [-0.3, -0.25) is 19.3 Å². The molecule has 2 saturated heterocycles. The number of Topliss-reactive ketones (excluding diaryl/α,β-unsaturated/α-hetero) is 1. The van der Waals surface area contributed by atoms with Gasteiger partial charge in [-0.1, -0.05) is 6.07 Å². The minimum absolute atomic E-state index is 0.00403. The Kier molecular flexibility index (Phi) is 5.14. The van der Waals surface area contributed by atoms with Crippen molar-refractivity contribution < 1.29 is 9.59 Å². The minimum Gasteiger partial charge on any atom is -0.340 e. The zero-order valence-corrected chi connectivity index (χ0v) is 16.0. The minimum atomic E-state index is -0.0396. The van der Waals surface area contributed by atoms with Crippen LogP contribution in [-0.4, -0.2) is 83.8 Å². The van der Waals surface area contributed by atoms with E-state index in [1.54, 1.807) is 6.07 Å². The average Bonchev–Trinajstić information content (AvgIpc) is 2.63. The number of nitrogens with zero attached hydrogens (tertiary/aromatic N) is 4. The molecule has 3 aliphatic rings. The Hall–Kier alpha value is -1.99. The zero-order valence-electron chi connectivity index (χ0n) is 16.0. The second kappa shape index (κ2) is 7.56. The number of ketones is 1. The van der Waals surface area contributed by atoms with Crippen LogP contribution in [0.25, 0.3) is 0 Å². The first-order chi connectivity index (χ1) is 13.0. The third kappa shape index (κ3) is 3.99. The van der Waals surface area contributed by atoms with Gasteiger partial charge in [-0.15, -0.1) is 0 Å². The van der Waals surface area contributed by atoms with E-state index in [2.05, 4.69) is 9.80 Å². The third-order valence-electron chi connectivity index (χ3n) is 6.16. The van der Waals surface area contributed by atoms with E-state index in [1.165, 1.54) is 0 Å². The Balaban J connectivity index is 1.34. The highest BCUT2D eigenvalue weighted by molar-refractivity contribution is 5.99. The molecule has 2 bridgehead atoms. The molecule has 0 aliphatic carbocycles. The molecule has 0 saturated carbocycles. The fourth-order valence-corrected chi connectivity index (χ4v) is 4.77. The molecule has 4 heterocycles. The molecule has 4 rings (SSSR count). The number of aromatic nitrogens is 1. The number of likely N-dealkylation sites (N-methyl/N-ethyl adjacent to an activating group) is 1. The molecule has 1 aromatic heterocycles. The summed E-state index contributed by atoms with van der Waals surface area (Å²) in [4.78, 5) is 43.2. The summed E-state index contributed by atoms with van der Waals surface area (Å²) in [5.74, 6) is 0.663. The lowest BCUT2D eigenvalue weighted by molar-refractivity contribution is -0.137. The fraction of sp³-hybridized carbons (Fsp3) is 0.650. The van der Waals surface area contributed by atoms with E-state index < -0.39 is 0 Å². The van der Waals surface area contributed by atoms with Crippen molar-refractivity contribution in [3.05, 3.63) is 34.2 Å². The van der Waals surface area contributed by atoms with Gasteiger partial charge in [0, 0.05) is 63.5 Å². The highest BCUT2D eigenvalue weighted by Gasteiger charge is 2.35. The van der Waals surface area contributed by atoms with Crippen molar-refractivity contribution in [2.75, 3.05) is 52.9 Å². The monoisotopic (exact) mass is 372 g/mol. The normalized spacial score (nSPS) is 25.9. The second-order valence-electron chi connectivity index (χ2n) is 8.29. The average molecular weight is 372 g/mol. The van der Waals surface area contributed by atoms with Crippen molar-refractivity contribution >= 4 is 11.7 Å². The van der Waals surface area contributed by atoms with Crippen LogP contribution in [0.3, 0.4) is 0 Å². The van der Waals surface area contributed by atoms with Crippen molar-refractivity contribution in [3.63, 3.8) is 0 Å². The van der Waals surface area contributed by atoms with Crippen molar-refractivity contribution in [1.82, 2.24) is 19.3 Å². The van der Waals surface area contributed by atoms with Crippen molar-refractivity contribution in [1.29, 1.82) is 0 Å². The van der Waals surface area contributed by atoms with Crippen LogP contribution < -0.4 is 5.56 Å². The molecule has 2 unspecified atom stereocenters. The molecule has 146 valence electrons. The molecular weight excluding hydrogens is 344 g/mol. The Labute approximate surface area is 159 Å². The predicted octanol–water partition coefficient (Wildman–Crippen LogP) is 0.000600. The van der Waals surface area contributed by atoms with Crippen molar-refractivity contribution in [2.45, 2.75) is 25.3 Å². The number of rotatable bonds is 4. The number of piperazine rings is 1. The van der Waals surface area contributed by atoms with E-state index in [0.717, 1.165) is 44.8 Å². The van der Waals surface area contributed by atoms with Crippen LogP contribution in [0, 0.1) is 5.92 Å². The van der Waals surface area contributed by atoms with E-state index in [4.69, 9.17) is 0 Å². The zero-order chi connectivity index (χ0) is 19.0. The Bertz CT molecular complexity index is 782. The summed E-state index contributed by atoms with van der Waals surface area (Å²) in [6.07, 6.45) is 1.08. The van der Waals surface area contributed by atoms with Gasteiger partial charge in [0.25, 0.3) is 5.56 Å². The SMILES string of the molecule is CN1CCN(C(=O)CC(=O)CN2CC3CC(C2)c2cccc(=O)n2C3)CC1. The molecule has 0 N–H and O–H groups in total. The first kappa shape index (κ1) is 18.4. The summed E-state index contributed by atoms with van der Waals surface area (Å²) in [7, 11) is 2.05. The molecule has 27 heavy (non-hydrogen) atoms. The van der Waals surface area contributed by atoms with Crippen molar-refractivity contribution in [2.24, 2.45) is 5.92 Å². The quantitative estimate of drug-likeness (QED) is 0.696. The van der Waals surface area contributed by atoms with Gasteiger partial charge >= 0.3 is 0 Å². The Morgan fingerprint density at radius 1 is 1.07 bits per heavy atom. The van der Waals surface area contributed by atoms with Crippen molar-refractivity contribution in [3.8, 4) is 0 Å². The highest BCUT2D eigenvalue weighted by Crippen LogP contribution is 2.34. The van der Waals surface area contributed by atoms with E-state index in [9.17, 15) is 14.4 Å². The van der Waals surface area contributed by atoms with Gasteiger partial charge in [0.1, 0.15) is 0 Å². The second-order valence-corrected chi connectivity index (χ2v) is 8.29. The molecule has 0 aromatic carbocycles. The molecule has 2 fully saturated rings. The molecule has 3 aliphatic heterocycles. The number of carbonyl (C=O) groups is 2. The number of fused-ring (bicyclic) bond motifs is 4. The van der Waals surface area contributed by atoms with Crippen LogP contribution in [0.2, 0.25) is 0 Å². The van der Waals surface area contributed by atoms with Gasteiger partial charge in [-0.2, -0.15) is 0 Å². The fourth-order valence-electron chi connectivity index (χ4n) is 4.77. The summed E-state index contributed by atoms with van der Waals surface area (Å²) in [5.41, 5.74) is 1.16. The number of hydrogen-bond donors (Lipinski definition) is 0.